The first-order valence-corrected chi connectivity index (χ1v) is 8.15. The maximum atomic E-state index is 13.0. The molecule has 0 saturated carbocycles. The van der Waals surface area contributed by atoms with Crippen LogP contribution in [0.1, 0.15) is 31.7 Å². The Kier molecular flexibility index (Phi) is 5.21. The van der Waals surface area contributed by atoms with E-state index in [4.69, 9.17) is 0 Å². The Morgan fingerprint density at radius 1 is 0.750 bits per heavy atom. The molecule has 0 radical (unpaired) electrons. The van der Waals surface area contributed by atoms with E-state index in [9.17, 15) is 4.39 Å². The van der Waals surface area contributed by atoms with Gasteiger partial charge in [0.05, 0.1) is 5.56 Å². The van der Waals surface area contributed by atoms with Crippen molar-refractivity contribution in [1.82, 2.24) is 19.9 Å². The number of hydrogen-bond donors (Lipinski definition) is 0. The SMILES string of the molecule is CCCCCc1cnc(-c2cnc(-c3ccc(F)cc3)nc2)nc1. The molecule has 2 heterocycles. The van der Waals surface area contributed by atoms with Gasteiger partial charge in [0, 0.05) is 30.4 Å². The van der Waals surface area contributed by atoms with E-state index < -0.39 is 0 Å². The van der Waals surface area contributed by atoms with Crippen LogP contribution >= 0.6 is 0 Å². The molecule has 0 aliphatic carbocycles. The highest BCUT2D eigenvalue weighted by atomic mass is 19.1. The molecular weight excluding hydrogens is 303 g/mol. The van der Waals surface area contributed by atoms with Crippen molar-refractivity contribution in [2.45, 2.75) is 32.6 Å². The highest BCUT2D eigenvalue weighted by molar-refractivity contribution is 5.58. The van der Waals surface area contributed by atoms with Gasteiger partial charge >= 0.3 is 0 Å². The van der Waals surface area contributed by atoms with Crippen molar-refractivity contribution in [2.75, 3.05) is 0 Å². The van der Waals surface area contributed by atoms with Gasteiger partial charge in [-0.2, -0.15) is 0 Å². The molecule has 0 atom stereocenters. The fourth-order valence-electron chi connectivity index (χ4n) is 2.40. The third-order valence-electron chi connectivity index (χ3n) is 3.79. The summed E-state index contributed by atoms with van der Waals surface area (Å²) in [5.74, 6) is 0.887. The molecule has 3 aromatic rings. The summed E-state index contributed by atoms with van der Waals surface area (Å²) in [6, 6.07) is 6.11. The Balaban J connectivity index is 1.72. The molecule has 0 aliphatic heterocycles. The van der Waals surface area contributed by atoms with Crippen molar-refractivity contribution in [1.29, 1.82) is 0 Å². The van der Waals surface area contributed by atoms with Crippen LogP contribution in [-0.4, -0.2) is 19.9 Å². The Bertz CT molecular complexity index is 768. The molecule has 4 nitrogen and oxygen atoms in total. The smallest absolute Gasteiger partial charge is 0.162 e. The lowest BCUT2D eigenvalue weighted by molar-refractivity contribution is 0.628. The van der Waals surface area contributed by atoms with Crippen LogP contribution in [0.3, 0.4) is 0 Å². The van der Waals surface area contributed by atoms with Gasteiger partial charge in [0.15, 0.2) is 11.6 Å². The summed E-state index contributed by atoms with van der Waals surface area (Å²) in [7, 11) is 0. The fraction of sp³-hybridized carbons (Fsp3) is 0.263. The van der Waals surface area contributed by atoms with Crippen LogP contribution in [0.5, 0.6) is 0 Å². The quantitative estimate of drug-likeness (QED) is 0.628. The minimum atomic E-state index is -0.275. The van der Waals surface area contributed by atoms with Crippen LogP contribution in [0, 0.1) is 5.82 Å². The van der Waals surface area contributed by atoms with Crippen molar-refractivity contribution >= 4 is 0 Å². The number of benzene rings is 1. The number of aromatic nitrogens is 4. The lowest BCUT2D eigenvalue weighted by Crippen LogP contribution is -1.95. The lowest BCUT2D eigenvalue weighted by atomic mass is 10.1. The molecular formula is C19H19FN4. The van der Waals surface area contributed by atoms with E-state index in [2.05, 4.69) is 26.9 Å². The number of nitrogens with zero attached hydrogens (tertiary/aromatic N) is 4. The lowest BCUT2D eigenvalue weighted by Gasteiger charge is -2.04. The van der Waals surface area contributed by atoms with E-state index in [1.807, 2.05) is 12.4 Å². The molecule has 5 heteroatoms. The van der Waals surface area contributed by atoms with Gasteiger partial charge in [0.1, 0.15) is 5.82 Å². The first kappa shape index (κ1) is 16.2. The fourth-order valence-corrected chi connectivity index (χ4v) is 2.40. The summed E-state index contributed by atoms with van der Waals surface area (Å²) in [4.78, 5) is 17.5. The molecule has 122 valence electrons. The average Bonchev–Trinajstić information content (AvgIpc) is 2.63. The monoisotopic (exact) mass is 322 g/mol. The Morgan fingerprint density at radius 2 is 1.33 bits per heavy atom. The molecule has 0 amide bonds. The van der Waals surface area contributed by atoms with Crippen LogP contribution in [0.15, 0.2) is 49.1 Å². The van der Waals surface area contributed by atoms with Gasteiger partial charge < -0.3 is 0 Å². The summed E-state index contributed by atoms with van der Waals surface area (Å²) in [6.45, 7) is 2.19. The molecule has 0 saturated heterocycles. The summed E-state index contributed by atoms with van der Waals surface area (Å²) in [5.41, 5.74) is 2.69. The Morgan fingerprint density at radius 3 is 1.96 bits per heavy atom. The summed E-state index contributed by atoms with van der Waals surface area (Å²) >= 11 is 0. The highest BCUT2D eigenvalue weighted by Crippen LogP contribution is 2.18. The molecule has 0 fully saturated rings. The van der Waals surface area contributed by atoms with Crippen molar-refractivity contribution in [2.24, 2.45) is 0 Å². The van der Waals surface area contributed by atoms with E-state index in [1.165, 1.54) is 25.0 Å². The molecule has 0 bridgehead atoms. The van der Waals surface area contributed by atoms with E-state index in [1.54, 1.807) is 24.5 Å². The number of hydrogen-bond acceptors (Lipinski definition) is 4. The number of halogens is 1. The topological polar surface area (TPSA) is 51.6 Å². The summed E-state index contributed by atoms with van der Waals surface area (Å²) < 4.78 is 13.0. The van der Waals surface area contributed by atoms with Crippen LogP contribution in [0.2, 0.25) is 0 Å². The number of rotatable bonds is 6. The van der Waals surface area contributed by atoms with Crippen LogP contribution in [-0.2, 0) is 6.42 Å². The Hall–Kier alpha value is -2.69. The van der Waals surface area contributed by atoms with Gasteiger partial charge in [-0.3, -0.25) is 0 Å². The van der Waals surface area contributed by atoms with Gasteiger partial charge in [0.25, 0.3) is 0 Å². The predicted octanol–water partition coefficient (Wildman–Crippen LogP) is 4.47. The zero-order valence-electron chi connectivity index (χ0n) is 13.6. The second kappa shape index (κ2) is 7.73. The first-order chi connectivity index (χ1) is 11.8. The van der Waals surface area contributed by atoms with Gasteiger partial charge in [0.2, 0.25) is 0 Å². The van der Waals surface area contributed by atoms with Gasteiger partial charge in [-0.05, 0) is 42.7 Å². The largest absolute Gasteiger partial charge is 0.236 e. The second-order valence-electron chi connectivity index (χ2n) is 5.67. The minimum Gasteiger partial charge on any atom is -0.236 e. The predicted molar refractivity (Wildman–Crippen MR) is 91.7 cm³/mol. The van der Waals surface area contributed by atoms with Gasteiger partial charge in [-0.15, -0.1) is 0 Å². The molecule has 2 aromatic heterocycles. The second-order valence-corrected chi connectivity index (χ2v) is 5.67. The number of unbranched alkanes of at least 4 members (excludes halogenated alkanes) is 2. The molecule has 0 spiro atoms. The first-order valence-electron chi connectivity index (χ1n) is 8.15. The highest BCUT2D eigenvalue weighted by Gasteiger charge is 2.06. The Labute approximate surface area is 140 Å². The summed E-state index contributed by atoms with van der Waals surface area (Å²) in [5, 5.41) is 0. The molecule has 3 rings (SSSR count). The molecule has 24 heavy (non-hydrogen) atoms. The normalized spacial score (nSPS) is 10.8. The van der Waals surface area contributed by atoms with Gasteiger partial charge in [-0.25, -0.2) is 24.3 Å². The van der Waals surface area contributed by atoms with Crippen molar-refractivity contribution in [3.8, 4) is 22.8 Å². The van der Waals surface area contributed by atoms with Crippen LogP contribution < -0.4 is 0 Å². The maximum Gasteiger partial charge on any atom is 0.162 e. The zero-order valence-corrected chi connectivity index (χ0v) is 13.6. The third-order valence-corrected chi connectivity index (χ3v) is 3.79. The average molecular weight is 322 g/mol. The minimum absolute atomic E-state index is 0.275. The summed E-state index contributed by atoms with van der Waals surface area (Å²) in [6.07, 6.45) is 11.7. The zero-order chi connectivity index (χ0) is 16.8. The molecule has 0 aliphatic rings. The van der Waals surface area contributed by atoms with E-state index in [-0.39, 0.29) is 5.82 Å². The van der Waals surface area contributed by atoms with Gasteiger partial charge in [-0.1, -0.05) is 19.8 Å². The van der Waals surface area contributed by atoms with Crippen molar-refractivity contribution in [3.63, 3.8) is 0 Å². The maximum absolute atomic E-state index is 13.0. The van der Waals surface area contributed by atoms with Crippen molar-refractivity contribution < 1.29 is 4.39 Å². The molecule has 0 N–H and O–H groups in total. The molecule has 0 unspecified atom stereocenters. The van der Waals surface area contributed by atoms with E-state index >= 15 is 0 Å². The van der Waals surface area contributed by atoms with E-state index in [0.717, 1.165) is 29.5 Å². The van der Waals surface area contributed by atoms with Crippen LogP contribution in [0.4, 0.5) is 4.39 Å². The third kappa shape index (κ3) is 3.98. The molecule has 1 aromatic carbocycles. The standard InChI is InChI=1S/C19H19FN4/c1-2-3-4-5-14-10-21-19(22-11-14)16-12-23-18(24-13-16)15-6-8-17(20)9-7-15/h6-13H,2-5H2,1H3. The van der Waals surface area contributed by atoms with E-state index in [0.29, 0.717) is 11.6 Å². The van der Waals surface area contributed by atoms with Crippen molar-refractivity contribution in [3.05, 3.63) is 60.4 Å². The number of aryl methyl sites for hydroxylation is 1. The van der Waals surface area contributed by atoms with Crippen LogP contribution in [0.25, 0.3) is 22.8 Å².